The molecule has 0 amide bonds. The van der Waals surface area contributed by atoms with E-state index in [-0.39, 0.29) is 11.5 Å². The fourth-order valence-corrected chi connectivity index (χ4v) is 1.24. The van der Waals surface area contributed by atoms with Crippen LogP contribution in [-0.4, -0.2) is 10.2 Å². The van der Waals surface area contributed by atoms with Gasteiger partial charge in [0.25, 0.3) is 0 Å². The van der Waals surface area contributed by atoms with Crippen LogP contribution in [0.1, 0.15) is 45.0 Å². The molecule has 0 bridgehead atoms. The van der Waals surface area contributed by atoms with Crippen LogP contribution in [0.15, 0.2) is 6.20 Å². The molecule has 1 atom stereocenters. The summed E-state index contributed by atoms with van der Waals surface area (Å²) in [6, 6.07) is 0.0537. The first-order chi connectivity index (χ1) is 5.43. The van der Waals surface area contributed by atoms with Crippen LogP contribution in [0, 0.1) is 0 Å². The molecule has 0 aromatic carbocycles. The largest absolute Gasteiger partial charge is 0.324 e. The Bertz CT molecular complexity index is 255. The lowest BCUT2D eigenvalue weighted by molar-refractivity contribution is 0.554. The number of hydrogen-bond donors (Lipinski definition) is 2. The van der Waals surface area contributed by atoms with Crippen LogP contribution in [0.5, 0.6) is 0 Å². The topological polar surface area (TPSA) is 54.7 Å². The van der Waals surface area contributed by atoms with E-state index in [0.717, 1.165) is 11.3 Å². The van der Waals surface area contributed by atoms with E-state index < -0.39 is 0 Å². The number of hydrogen-bond acceptors (Lipinski definition) is 2. The van der Waals surface area contributed by atoms with Gasteiger partial charge < -0.3 is 5.73 Å². The van der Waals surface area contributed by atoms with Crippen molar-refractivity contribution in [2.24, 2.45) is 5.73 Å². The monoisotopic (exact) mass is 167 g/mol. The van der Waals surface area contributed by atoms with E-state index in [0.29, 0.717) is 0 Å². The van der Waals surface area contributed by atoms with Crippen LogP contribution in [0.2, 0.25) is 0 Å². The van der Waals surface area contributed by atoms with E-state index in [1.165, 1.54) is 0 Å². The maximum absolute atomic E-state index is 5.80. The van der Waals surface area contributed by atoms with Crippen molar-refractivity contribution in [2.75, 3.05) is 0 Å². The highest BCUT2D eigenvalue weighted by Gasteiger charge is 2.21. The molecule has 0 aliphatic carbocycles. The van der Waals surface area contributed by atoms with E-state index in [1.807, 2.05) is 13.1 Å². The lowest BCUT2D eigenvalue weighted by atomic mass is 9.88. The Balaban J connectivity index is 3.08. The third-order valence-corrected chi connectivity index (χ3v) is 1.91. The molecule has 0 aliphatic rings. The second kappa shape index (κ2) is 2.90. The zero-order chi connectivity index (χ0) is 9.35. The zero-order valence-electron chi connectivity index (χ0n) is 8.18. The second-order valence-electron chi connectivity index (χ2n) is 4.24. The fourth-order valence-electron chi connectivity index (χ4n) is 1.24. The highest BCUT2D eigenvalue weighted by Crippen LogP contribution is 2.26. The molecule has 0 saturated heterocycles. The Morgan fingerprint density at radius 3 is 2.42 bits per heavy atom. The van der Waals surface area contributed by atoms with E-state index in [9.17, 15) is 0 Å². The van der Waals surface area contributed by atoms with Gasteiger partial charge in [-0.3, -0.25) is 5.10 Å². The third kappa shape index (κ3) is 1.67. The van der Waals surface area contributed by atoms with Crippen LogP contribution >= 0.6 is 0 Å². The van der Waals surface area contributed by atoms with Gasteiger partial charge in [-0.25, -0.2) is 0 Å². The molecule has 0 radical (unpaired) electrons. The minimum atomic E-state index is 0.0537. The van der Waals surface area contributed by atoms with Gasteiger partial charge in [-0.15, -0.1) is 0 Å². The predicted octanol–water partition coefficient (Wildman–Crippen LogP) is 1.73. The Kier molecular flexibility index (Phi) is 2.24. The highest BCUT2D eigenvalue weighted by atomic mass is 15.1. The number of aromatic nitrogens is 2. The van der Waals surface area contributed by atoms with Gasteiger partial charge in [-0.05, 0) is 6.92 Å². The molecule has 1 unspecified atom stereocenters. The number of aromatic amines is 1. The van der Waals surface area contributed by atoms with E-state index in [2.05, 4.69) is 31.0 Å². The van der Waals surface area contributed by atoms with Crippen molar-refractivity contribution in [2.45, 2.75) is 39.2 Å². The molecule has 1 aromatic rings. The van der Waals surface area contributed by atoms with Gasteiger partial charge in [0.2, 0.25) is 0 Å². The summed E-state index contributed by atoms with van der Waals surface area (Å²) in [7, 11) is 0. The number of H-pyrrole nitrogens is 1. The Labute approximate surface area is 73.4 Å². The van der Waals surface area contributed by atoms with Crippen LogP contribution in [0.4, 0.5) is 0 Å². The van der Waals surface area contributed by atoms with Gasteiger partial charge in [0.05, 0.1) is 6.20 Å². The smallest absolute Gasteiger partial charge is 0.0538 e. The highest BCUT2D eigenvalue weighted by molar-refractivity contribution is 5.25. The van der Waals surface area contributed by atoms with Gasteiger partial charge in [0, 0.05) is 22.7 Å². The molecule has 68 valence electrons. The average molecular weight is 167 g/mol. The van der Waals surface area contributed by atoms with Gasteiger partial charge in [0.1, 0.15) is 0 Å². The molecular formula is C9H17N3. The summed E-state index contributed by atoms with van der Waals surface area (Å²) in [5.41, 5.74) is 8.14. The van der Waals surface area contributed by atoms with Crippen LogP contribution in [0.3, 0.4) is 0 Å². The first-order valence-corrected chi connectivity index (χ1v) is 4.22. The van der Waals surface area contributed by atoms with Crippen molar-refractivity contribution in [1.29, 1.82) is 0 Å². The van der Waals surface area contributed by atoms with Crippen molar-refractivity contribution in [3.63, 3.8) is 0 Å². The van der Waals surface area contributed by atoms with Gasteiger partial charge in [-0.2, -0.15) is 5.10 Å². The molecule has 0 spiro atoms. The molecule has 1 heterocycles. The van der Waals surface area contributed by atoms with E-state index >= 15 is 0 Å². The quantitative estimate of drug-likeness (QED) is 0.669. The van der Waals surface area contributed by atoms with Gasteiger partial charge >= 0.3 is 0 Å². The maximum atomic E-state index is 5.80. The fraction of sp³-hybridized carbons (Fsp3) is 0.667. The number of nitrogens with two attached hydrogens (primary N) is 1. The molecule has 3 nitrogen and oxygen atoms in total. The van der Waals surface area contributed by atoms with Crippen molar-refractivity contribution >= 4 is 0 Å². The molecule has 3 heteroatoms. The van der Waals surface area contributed by atoms with Gasteiger partial charge in [0.15, 0.2) is 0 Å². The zero-order valence-corrected chi connectivity index (χ0v) is 8.18. The summed E-state index contributed by atoms with van der Waals surface area (Å²) in [6.45, 7) is 8.41. The summed E-state index contributed by atoms with van der Waals surface area (Å²) in [5.74, 6) is 0. The normalized spacial score (nSPS) is 14.8. The van der Waals surface area contributed by atoms with Crippen molar-refractivity contribution < 1.29 is 0 Å². The summed E-state index contributed by atoms with van der Waals surface area (Å²) in [5, 5.41) is 7.00. The van der Waals surface area contributed by atoms with Crippen LogP contribution in [0.25, 0.3) is 0 Å². The van der Waals surface area contributed by atoms with E-state index in [1.54, 1.807) is 0 Å². The lowest BCUT2D eigenvalue weighted by Gasteiger charge is -2.19. The standard InChI is InChI=1S/C9H17N3/c1-6(10)7-5-11-12-8(7)9(2,3)4/h5-6H,10H2,1-4H3,(H,11,12). The molecular weight excluding hydrogens is 150 g/mol. The SMILES string of the molecule is CC(N)c1cn[nH]c1C(C)(C)C. The summed E-state index contributed by atoms with van der Waals surface area (Å²) >= 11 is 0. The van der Waals surface area contributed by atoms with Gasteiger partial charge in [-0.1, -0.05) is 20.8 Å². The summed E-state index contributed by atoms with van der Waals surface area (Å²) < 4.78 is 0. The average Bonchev–Trinajstić information content (AvgIpc) is 2.30. The first-order valence-electron chi connectivity index (χ1n) is 4.22. The maximum Gasteiger partial charge on any atom is 0.0538 e. The minimum Gasteiger partial charge on any atom is -0.324 e. The summed E-state index contributed by atoms with van der Waals surface area (Å²) in [4.78, 5) is 0. The van der Waals surface area contributed by atoms with Crippen LogP contribution < -0.4 is 5.73 Å². The molecule has 3 N–H and O–H groups in total. The molecule has 0 saturated carbocycles. The minimum absolute atomic E-state index is 0.0537. The number of nitrogens with one attached hydrogen (secondary N) is 1. The number of rotatable bonds is 1. The summed E-state index contributed by atoms with van der Waals surface area (Å²) in [6.07, 6.45) is 1.81. The Hall–Kier alpha value is -0.830. The number of nitrogens with zero attached hydrogens (tertiary/aromatic N) is 1. The molecule has 12 heavy (non-hydrogen) atoms. The third-order valence-electron chi connectivity index (χ3n) is 1.91. The second-order valence-corrected chi connectivity index (χ2v) is 4.24. The molecule has 0 fully saturated rings. The van der Waals surface area contributed by atoms with E-state index in [4.69, 9.17) is 5.73 Å². The molecule has 1 rings (SSSR count). The lowest BCUT2D eigenvalue weighted by Crippen LogP contribution is -2.17. The Morgan fingerprint density at radius 2 is 2.08 bits per heavy atom. The first kappa shape index (κ1) is 9.26. The van der Waals surface area contributed by atoms with Crippen molar-refractivity contribution in [3.8, 4) is 0 Å². The molecule has 1 aromatic heterocycles. The Morgan fingerprint density at radius 1 is 1.50 bits per heavy atom. The predicted molar refractivity (Wildman–Crippen MR) is 49.9 cm³/mol. The molecule has 0 aliphatic heterocycles. The van der Waals surface area contributed by atoms with Crippen molar-refractivity contribution in [1.82, 2.24) is 10.2 Å². The van der Waals surface area contributed by atoms with Crippen molar-refractivity contribution in [3.05, 3.63) is 17.5 Å². The van der Waals surface area contributed by atoms with Crippen LogP contribution in [-0.2, 0) is 5.41 Å².